The molecule has 1 N–H and O–H groups in total. The first-order valence-electron chi connectivity index (χ1n) is 5.64. The van der Waals surface area contributed by atoms with Crippen LogP contribution in [0.25, 0.3) is 0 Å². The van der Waals surface area contributed by atoms with Crippen molar-refractivity contribution in [1.82, 2.24) is 0 Å². The molecule has 0 radical (unpaired) electrons. The van der Waals surface area contributed by atoms with Crippen LogP contribution in [0, 0.1) is 29.6 Å². The molecule has 100 valence electrons. The first-order valence-corrected chi connectivity index (χ1v) is 5.64. The van der Waals surface area contributed by atoms with Crippen molar-refractivity contribution in [3.63, 3.8) is 0 Å². The molecule has 0 saturated heterocycles. The van der Waals surface area contributed by atoms with E-state index in [9.17, 15) is 4.79 Å². The van der Waals surface area contributed by atoms with Crippen LogP contribution in [0.5, 0.6) is 0 Å². The Morgan fingerprint density at radius 3 is 2.75 bits per heavy atom. The van der Waals surface area contributed by atoms with Crippen LogP contribution in [-0.2, 0) is 4.74 Å². The van der Waals surface area contributed by atoms with Crippen molar-refractivity contribution in [3.05, 3.63) is 42.0 Å². The molecule has 0 saturated carbocycles. The molecule has 0 aliphatic heterocycles. The Balaban J connectivity index is 2.95. The van der Waals surface area contributed by atoms with Crippen LogP contribution < -0.4 is 5.43 Å². The second-order valence-corrected chi connectivity index (χ2v) is 3.77. The molecule has 0 spiro atoms. The third-order valence-electron chi connectivity index (χ3n) is 2.15. The van der Waals surface area contributed by atoms with Crippen molar-refractivity contribution in [2.24, 2.45) is 5.10 Å². The molecule has 0 aliphatic rings. The number of nitrogens with one attached hydrogen (secondary N) is 1. The number of benzene rings is 1. The lowest BCUT2D eigenvalue weighted by Gasteiger charge is -2.06. The molecule has 1 aromatic carbocycles. The number of hydrazone groups is 1. The first-order chi connectivity index (χ1) is 9.60. The van der Waals surface area contributed by atoms with Gasteiger partial charge in [-0.3, -0.25) is 5.43 Å². The highest BCUT2D eigenvalue weighted by Crippen LogP contribution is 2.15. The molecule has 0 atom stereocenters. The van der Waals surface area contributed by atoms with Gasteiger partial charge in [0.2, 0.25) is 5.71 Å². The van der Waals surface area contributed by atoms with Gasteiger partial charge in [-0.15, -0.1) is 0 Å². The number of nitriles is 2. The minimum Gasteiger partial charge on any atom is -0.458 e. The number of hydrogen-bond acceptors (Lipinski definition) is 6. The van der Waals surface area contributed by atoms with Gasteiger partial charge in [0.1, 0.15) is 18.7 Å². The van der Waals surface area contributed by atoms with E-state index in [4.69, 9.17) is 15.3 Å². The largest absolute Gasteiger partial charge is 0.458 e. The van der Waals surface area contributed by atoms with Gasteiger partial charge in [-0.2, -0.15) is 15.6 Å². The molecular formula is C14H12N4O2. The highest BCUT2D eigenvalue weighted by Gasteiger charge is 2.08. The van der Waals surface area contributed by atoms with E-state index >= 15 is 0 Å². The van der Waals surface area contributed by atoms with E-state index in [1.807, 2.05) is 0 Å². The van der Waals surface area contributed by atoms with Crippen molar-refractivity contribution in [2.75, 3.05) is 12.0 Å². The van der Waals surface area contributed by atoms with Crippen molar-refractivity contribution in [2.45, 2.75) is 6.92 Å². The zero-order valence-corrected chi connectivity index (χ0v) is 10.9. The molecule has 6 nitrogen and oxygen atoms in total. The number of nitrogens with zero attached hydrogens (tertiary/aromatic N) is 3. The Morgan fingerprint density at radius 1 is 1.45 bits per heavy atom. The number of rotatable bonds is 5. The normalized spacial score (nSPS) is 8.75. The predicted molar refractivity (Wildman–Crippen MR) is 73.9 cm³/mol. The number of hydrogen-bond donors (Lipinski definition) is 1. The van der Waals surface area contributed by atoms with Crippen LogP contribution in [-0.4, -0.2) is 18.3 Å². The summed E-state index contributed by atoms with van der Waals surface area (Å²) in [6.45, 7) is 5.39. The van der Waals surface area contributed by atoms with E-state index in [2.05, 4.69) is 17.1 Å². The first kappa shape index (κ1) is 14.9. The zero-order valence-electron chi connectivity index (χ0n) is 10.9. The summed E-state index contributed by atoms with van der Waals surface area (Å²) in [7, 11) is 0. The molecule has 0 fully saturated rings. The summed E-state index contributed by atoms with van der Waals surface area (Å²) in [6, 6.07) is 8.16. The van der Waals surface area contributed by atoms with Gasteiger partial charge in [0.05, 0.1) is 11.3 Å². The summed E-state index contributed by atoms with van der Waals surface area (Å²) in [5.41, 5.74) is 3.89. The van der Waals surface area contributed by atoms with E-state index < -0.39 is 5.97 Å². The average molecular weight is 268 g/mol. The molecule has 0 aromatic heterocycles. The SMILES string of the molecule is C=CCOC(=O)c1cc(C)cc(NN=C(C#N)C#N)c1. The minimum absolute atomic E-state index is 0.126. The van der Waals surface area contributed by atoms with Crippen LogP contribution in [0.3, 0.4) is 0 Å². The van der Waals surface area contributed by atoms with Crippen molar-refractivity contribution in [1.29, 1.82) is 10.5 Å². The van der Waals surface area contributed by atoms with Gasteiger partial charge in [0.15, 0.2) is 0 Å². The van der Waals surface area contributed by atoms with E-state index in [1.54, 1.807) is 31.2 Å². The van der Waals surface area contributed by atoms with Crippen LogP contribution in [0.1, 0.15) is 15.9 Å². The van der Waals surface area contributed by atoms with Crippen LogP contribution in [0.4, 0.5) is 5.69 Å². The number of carbonyl (C=O) groups excluding carboxylic acids is 1. The predicted octanol–water partition coefficient (Wildman–Crippen LogP) is 2.15. The van der Waals surface area contributed by atoms with E-state index in [0.29, 0.717) is 11.3 Å². The lowest BCUT2D eigenvalue weighted by atomic mass is 10.1. The smallest absolute Gasteiger partial charge is 0.338 e. The van der Waals surface area contributed by atoms with Crippen molar-refractivity contribution >= 4 is 17.4 Å². The number of aryl methyl sites for hydroxylation is 1. The molecule has 0 aliphatic carbocycles. The van der Waals surface area contributed by atoms with Gasteiger partial charge < -0.3 is 4.74 Å². The second-order valence-electron chi connectivity index (χ2n) is 3.77. The van der Waals surface area contributed by atoms with Gasteiger partial charge in [-0.1, -0.05) is 12.7 Å². The topological polar surface area (TPSA) is 98.3 Å². The van der Waals surface area contributed by atoms with Crippen LogP contribution in [0.2, 0.25) is 0 Å². The second kappa shape index (κ2) is 7.34. The van der Waals surface area contributed by atoms with Crippen molar-refractivity contribution in [3.8, 4) is 12.1 Å². The van der Waals surface area contributed by atoms with E-state index in [1.165, 1.54) is 12.1 Å². The van der Waals surface area contributed by atoms with Crippen LogP contribution >= 0.6 is 0 Å². The summed E-state index contributed by atoms with van der Waals surface area (Å²) in [5.74, 6) is -0.485. The Labute approximate surface area is 116 Å². The maximum absolute atomic E-state index is 11.7. The number of esters is 1. The fraction of sp³-hybridized carbons (Fsp3) is 0.143. The van der Waals surface area contributed by atoms with Gasteiger partial charge in [-0.05, 0) is 30.7 Å². The van der Waals surface area contributed by atoms with Gasteiger partial charge in [0, 0.05) is 0 Å². The monoisotopic (exact) mass is 268 g/mol. The van der Waals surface area contributed by atoms with E-state index in [0.717, 1.165) is 5.56 Å². The summed E-state index contributed by atoms with van der Waals surface area (Å²) < 4.78 is 4.93. The molecule has 0 unspecified atom stereocenters. The van der Waals surface area contributed by atoms with Crippen molar-refractivity contribution < 1.29 is 9.53 Å². The van der Waals surface area contributed by atoms with Gasteiger partial charge >= 0.3 is 5.97 Å². The number of anilines is 1. The highest BCUT2D eigenvalue weighted by molar-refractivity contribution is 6.10. The fourth-order valence-electron chi connectivity index (χ4n) is 1.38. The van der Waals surface area contributed by atoms with Crippen LogP contribution in [0.15, 0.2) is 36.0 Å². The minimum atomic E-state index is -0.485. The Morgan fingerprint density at radius 2 is 2.15 bits per heavy atom. The van der Waals surface area contributed by atoms with Gasteiger partial charge in [-0.25, -0.2) is 4.79 Å². The Hall–Kier alpha value is -3.12. The molecule has 20 heavy (non-hydrogen) atoms. The number of carbonyl (C=O) groups is 1. The third kappa shape index (κ3) is 4.28. The molecule has 1 rings (SSSR count). The Bertz CT molecular complexity index is 620. The molecule has 0 heterocycles. The highest BCUT2D eigenvalue weighted by atomic mass is 16.5. The molecule has 0 bridgehead atoms. The third-order valence-corrected chi connectivity index (χ3v) is 2.15. The Kier molecular flexibility index (Phi) is 5.49. The quantitative estimate of drug-likeness (QED) is 0.382. The summed E-state index contributed by atoms with van der Waals surface area (Å²) >= 11 is 0. The maximum Gasteiger partial charge on any atom is 0.338 e. The number of ether oxygens (including phenoxy) is 1. The molecule has 1 aromatic rings. The van der Waals surface area contributed by atoms with E-state index in [-0.39, 0.29) is 12.3 Å². The molecule has 0 amide bonds. The summed E-state index contributed by atoms with van der Waals surface area (Å²) in [6.07, 6.45) is 1.48. The standard InChI is InChI=1S/C14H12N4O2/c1-3-4-20-14(19)11-5-10(2)6-12(7-11)17-18-13(8-15)9-16/h3,5-7,17H,1,4H2,2H3. The molecular weight excluding hydrogens is 256 g/mol. The zero-order chi connectivity index (χ0) is 15.0. The average Bonchev–Trinajstić information content (AvgIpc) is 2.45. The summed E-state index contributed by atoms with van der Waals surface area (Å²) in [5, 5.41) is 20.8. The fourth-order valence-corrected chi connectivity index (χ4v) is 1.38. The van der Waals surface area contributed by atoms with Gasteiger partial charge in [0.25, 0.3) is 0 Å². The lowest BCUT2D eigenvalue weighted by molar-refractivity contribution is 0.0549. The summed E-state index contributed by atoms with van der Waals surface area (Å²) in [4.78, 5) is 11.7. The molecule has 6 heteroatoms. The lowest BCUT2D eigenvalue weighted by Crippen LogP contribution is -2.06. The maximum atomic E-state index is 11.7.